The standard InChI is InChI=1S/C38H50N4O4/c1-27(2)22-33(39-37(44)34(23-28(3)4)40-38(45)46-26-30-14-8-6-9-15-30)36(43)25-41-20-21-42(29(5)31-16-10-7-11-17-31)35-19-13-12-18-32(35)24-41/h6-19,27-29,33-34H,20-26H2,1-5H3,(H,39,44)(H,40,45)/t29?,33-,34-/m0/s1. The predicted octanol–water partition coefficient (Wildman–Crippen LogP) is 6.51. The number of benzene rings is 3. The first-order chi connectivity index (χ1) is 22.1. The number of alkyl carbamates (subject to hydrolysis) is 1. The molecule has 246 valence electrons. The second-order valence-electron chi connectivity index (χ2n) is 13.2. The number of hydrogen-bond donors (Lipinski definition) is 2. The lowest BCUT2D eigenvalue weighted by atomic mass is 9.98. The predicted molar refractivity (Wildman–Crippen MR) is 183 cm³/mol. The first kappa shape index (κ1) is 34.7. The molecule has 3 atom stereocenters. The van der Waals surface area contributed by atoms with Crippen LogP contribution in [0.15, 0.2) is 84.9 Å². The van der Waals surface area contributed by atoms with Crippen LogP contribution in [-0.2, 0) is 27.5 Å². The molecule has 0 fully saturated rings. The number of nitrogens with one attached hydrogen (secondary N) is 2. The fourth-order valence-corrected chi connectivity index (χ4v) is 6.02. The van der Waals surface area contributed by atoms with Crippen LogP contribution >= 0.6 is 0 Å². The van der Waals surface area contributed by atoms with Crippen molar-refractivity contribution >= 4 is 23.5 Å². The second kappa shape index (κ2) is 16.9. The molecular formula is C38H50N4O4. The largest absolute Gasteiger partial charge is 0.445 e. The molecule has 2 amide bonds. The Bertz CT molecular complexity index is 1410. The van der Waals surface area contributed by atoms with Gasteiger partial charge in [-0.3, -0.25) is 14.5 Å². The third-order valence-electron chi connectivity index (χ3n) is 8.42. The molecule has 3 aromatic carbocycles. The Morgan fingerprint density at radius 3 is 2.02 bits per heavy atom. The van der Waals surface area contributed by atoms with E-state index < -0.39 is 18.2 Å². The van der Waals surface area contributed by atoms with E-state index in [0.717, 1.165) is 12.1 Å². The molecule has 46 heavy (non-hydrogen) atoms. The summed E-state index contributed by atoms with van der Waals surface area (Å²) in [5.41, 5.74) is 4.46. The highest BCUT2D eigenvalue weighted by Crippen LogP contribution is 2.32. The minimum atomic E-state index is -0.816. The van der Waals surface area contributed by atoms with Crippen molar-refractivity contribution in [2.75, 3.05) is 24.5 Å². The molecule has 4 rings (SSSR count). The zero-order chi connectivity index (χ0) is 33.1. The monoisotopic (exact) mass is 626 g/mol. The number of ketones is 1. The maximum absolute atomic E-state index is 13.9. The van der Waals surface area contributed by atoms with Crippen LogP contribution in [-0.4, -0.2) is 54.4 Å². The molecule has 0 saturated carbocycles. The SMILES string of the molecule is CC(C)C[C@H](NC(=O)[C@H](CC(C)C)NC(=O)OCc1ccccc1)C(=O)CN1CCN(C(C)c2ccccc2)c2ccccc2C1. The normalized spacial score (nSPS) is 15.4. The Balaban J connectivity index is 1.43. The van der Waals surface area contributed by atoms with Gasteiger partial charge in [-0.05, 0) is 54.4 Å². The summed E-state index contributed by atoms with van der Waals surface area (Å²) in [7, 11) is 0. The van der Waals surface area contributed by atoms with Crippen molar-refractivity contribution in [3.8, 4) is 0 Å². The highest BCUT2D eigenvalue weighted by atomic mass is 16.5. The number of rotatable bonds is 14. The van der Waals surface area contributed by atoms with E-state index in [9.17, 15) is 14.4 Å². The average molecular weight is 627 g/mol. The van der Waals surface area contributed by atoms with Gasteiger partial charge in [0.15, 0.2) is 5.78 Å². The Kier molecular flexibility index (Phi) is 12.8. The summed E-state index contributed by atoms with van der Waals surface area (Å²) < 4.78 is 5.39. The van der Waals surface area contributed by atoms with Crippen LogP contribution in [0.4, 0.5) is 10.5 Å². The highest BCUT2D eigenvalue weighted by Gasteiger charge is 2.31. The molecule has 1 aliphatic rings. The third-order valence-corrected chi connectivity index (χ3v) is 8.42. The highest BCUT2D eigenvalue weighted by molar-refractivity contribution is 5.93. The molecule has 0 aliphatic carbocycles. The van der Waals surface area contributed by atoms with E-state index in [1.807, 2.05) is 70.2 Å². The number of nitrogens with zero attached hydrogens (tertiary/aromatic N) is 2. The Hall–Kier alpha value is -4.17. The summed E-state index contributed by atoms with van der Waals surface area (Å²) in [6.07, 6.45) is 0.278. The van der Waals surface area contributed by atoms with Crippen molar-refractivity contribution in [3.63, 3.8) is 0 Å². The van der Waals surface area contributed by atoms with Crippen LogP contribution in [0.3, 0.4) is 0 Å². The summed E-state index contributed by atoms with van der Waals surface area (Å²) in [5, 5.41) is 5.75. The second-order valence-corrected chi connectivity index (χ2v) is 13.2. The fraction of sp³-hybridized carbons (Fsp3) is 0.447. The summed E-state index contributed by atoms with van der Waals surface area (Å²) in [4.78, 5) is 44.8. The summed E-state index contributed by atoms with van der Waals surface area (Å²) in [5.74, 6) is -0.0658. The fourth-order valence-electron chi connectivity index (χ4n) is 6.02. The van der Waals surface area contributed by atoms with Crippen LogP contribution in [0.1, 0.15) is 70.2 Å². The van der Waals surface area contributed by atoms with E-state index in [1.165, 1.54) is 16.8 Å². The van der Waals surface area contributed by atoms with Crippen molar-refractivity contribution in [2.24, 2.45) is 11.8 Å². The minimum Gasteiger partial charge on any atom is -0.445 e. The Labute approximate surface area is 274 Å². The number of carbonyl (C=O) groups is 3. The lowest BCUT2D eigenvalue weighted by Crippen LogP contribution is -2.53. The van der Waals surface area contributed by atoms with Crippen LogP contribution in [0, 0.1) is 11.8 Å². The van der Waals surface area contributed by atoms with Gasteiger partial charge in [-0.1, -0.05) is 107 Å². The Morgan fingerprint density at radius 1 is 0.739 bits per heavy atom. The molecular weight excluding hydrogens is 576 g/mol. The van der Waals surface area contributed by atoms with E-state index in [2.05, 4.69) is 69.8 Å². The van der Waals surface area contributed by atoms with Crippen molar-refractivity contribution in [1.82, 2.24) is 15.5 Å². The molecule has 0 saturated heterocycles. The van der Waals surface area contributed by atoms with E-state index in [-0.39, 0.29) is 42.7 Å². The molecule has 0 bridgehead atoms. The zero-order valence-electron chi connectivity index (χ0n) is 27.9. The number of carbonyl (C=O) groups excluding carboxylic acids is 3. The lowest BCUT2D eigenvalue weighted by molar-refractivity contribution is -0.130. The molecule has 1 aliphatic heterocycles. The van der Waals surface area contributed by atoms with Crippen LogP contribution in [0.25, 0.3) is 0 Å². The number of hydrogen-bond acceptors (Lipinski definition) is 6. The van der Waals surface area contributed by atoms with E-state index in [1.54, 1.807) is 0 Å². The van der Waals surface area contributed by atoms with Gasteiger partial charge >= 0.3 is 6.09 Å². The Morgan fingerprint density at radius 2 is 1.35 bits per heavy atom. The molecule has 3 aromatic rings. The van der Waals surface area contributed by atoms with Gasteiger partial charge < -0.3 is 20.3 Å². The van der Waals surface area contributed by atoms with E-state index >= 15 is 0 Å². The molecule has 2 N–H and O–H groups in total. The van der Waals surface area contributed by atoms with Crippen molar-refractivity contribution in [1.29, 1.82) is 0 Å². The van der Waals surface area contributed by atoms with Gasteiger partial charge in [-0.25, -0.2) is 4.79 Å². The number of amides is 2. The number of anilines is 1. The molecule has 8 heteroatoms. The van der Waals surface area contributed by atoms with Crippen molar-refractivity contribution < 1.29 is 19.1 Å². The van der Waals surface area contributed by atoms with Gasteiger partial charge in [0, 0.05) is 25.3 Å². The number of fused-ring (bicyclic) bond motifs is 1. The van der Waals surface area contributed by atoms with Gasteiger partial charge in [0.05, 0.1) is 18.6 Å². The van der Waals surface area contributed by atoms with Crippen molar-refractivity contribution in [3.05, 3.63) is 102 Å². The first-order valence-corrected chi connectivity index (χ1v) is 16.5. The molecule has 1 unspecified atom stereocenters. The van der Waals surface area contributed by atoms with E-state index in [4.69, 9.17) is 4.74 Å². The van der Waals surface area contributed by atoms with Crippen molar-refractivity contribution in [2.45, 2.75) is 78.7 Å². The average Bonchev–Trinajstić information content (AvgIpc) is 3.22. The smallest absolute Gasteiger partial charge is 0.408 e. The summed E-state index contributed by atoms with van der Waals surface area (Å²) in [6.45, 7) is 12.8. The van der Waals surface area contributed by atoms with Crippen LogP contribution in [0.2, 0.25) is 0 Å². The van der Waals surface area contributed by atoms with Gasteiger partial charge in [-0.15, -0.1) is 0 Å². The maximum Gasteiger partial charge on any atom is 0.408 e. The van der Waals surface area contributed by atoms with Gasteiger partial charge in [0.2, 0.25) is 5.91 Å². The maximum atomic E-state index is 13.9. The number of ether oxygens (including phenoxy) is 1. The minimum absolute atomic E-state index is 0.0287. The molecule has 8 nitrogen and oxygen atoms in total. The quantitative estimate of drug-likeness (QED) is 0.212. The molecule has 0 spiro atoms. The lowest BCUT2D eigenvalue weighted by Gasteiger charge is -2.32. The summed E-state index contributed by atoms with van der Waals surface area (Å²) >= 11 is 0. The topological polar surface area (TPSA) is 91.0 Å². The summed E-state index contributed by atoms with van der Waals surface area (Å²) in [6, 6.07) is 27.0. The van der Waals surface area contributed by atoms with Gasteiger partial charge in [0.25, 0.3) is 0 Å². The molecule has 0 radical (unpaired) electrons. The first-order valence-electron chi connectivity index (χ1n) is 16.5. The number of para-hydroxylation sites is 1. The van der Waals surface area contributed by atoms with Crippen LogP contribution < -0.4 is 15.5 Å². The molecule has 0 aromatic heterocycles. The van der Waals surface area contributed by atoms with E-state index in [0.29, 0.717) is 25.9 Å². The van der Waals surface area contributed by atoms with Gasteiger partial charge in [0.1, 0.15) is 12.6 Å². The zero-order valence-corrected chi connectivity index (χ0v) is 27.9. The molecule has 1 heterocycles. The van der Waals surface area contributed by atoms with Crippen LogP contribution in [0.5, 0.6) is 0 Å². The number of Topliss-reactive ketones (excluding diaryl/α,β-unsaturated/α-hetero) is 1. The van der Waals surface area contributed by atoms with Gasteiger partial charge in [-0.2, -0.15) is 0 Å². The third kappa shape index (κ3) is 10.2.